The zero-order valence-electron chi connectivity index (χ0n) is 17.0. The Bertz CT molecular complexity index is 1280. The number of nitrogens with two attached hydrogens (primary N) is 1. The molecule has 160 valence electrons. The molecule has 2 N–H and O–H groups in total. The van der Waals surface area contributed by atoms with E-state index in [4.69, 9.17) is 10.5 Å². The molecule has 0 bridgehead atoms. The van der Waals surface area contributed by atoms with E-state index in [9.17, 15) is 13.2 Å². The summed E-state index contributed by atoms with van der Waals surface area (Å²) in [5.74, 6) is 1.06. The average Bonchev–Trinajstić information content (AvgIpc) is 3.17. The number of aromatic nitrogens is 5. The Morgan fingerprint density at radius 3 is 2.52 bits per heavy atom. The standard InChI is InChI=1S/C21H19F3N6O/c1-4-16-27-19-17(12-9-11(2)26-15(10-12)21(22,23)24)18(28-20(25)30(19)29-16)13-7-5-6-8-14(13)31-3/h5-10H,4H2,1-3H3,(H2,25,28). The molecular weight excluding hydrogens is 409 g/mol. The number of hydrogen-bond acceptors (Lipinski definition) is 6. The Morgan fingerprint density at radius 1 is 1.10 bits per heavy atom. The van der Waals surface area contributed by atoms with Gasteiger partial charge in [0.25, 0.3) is 0 Å². The molecule has 0 saturated carbocycles. The molecular formula is C21H19F3N6O. The van der Waals surface area contributed by atoms with Crippen molar-refractivity contribution in [1.29, 1.82) is 0 Å². The summed E-state index contributed by atoms with van der Waals surface area (Å²) in [6, 6.07) is 9.61. The van der Waals surface area contributed by atoms with Gasteiger partial charge in [0.1, 0.15) is 11.4 Å². The van der Waals surface area contributed by atoms with Crippen LogP contribution in [0.25, 0.3) is 28.0 Å². The van der Waals surface area contributed by atoms with Gasteiger partial charge in [-0.1, -0.05) is 19.1 Å². The lowest BCUT2D eigenvalue weighted by molar-refractivity contribution is -0.141. The van der Waals surface area contributed by atoms with E-state index in [0.29, 0.717) is 40.5 Å². The van der Waals surface area contributed by atoms with Crippen molar-refractivity contribution < 1.29 is 17.9 Å². The molecule has 7 nitrogen and oxygen atoms in total. The average molecular weight is 428 g/mol. The molecule has 0 spiro atoms. The summed E-state index contributed by atoms with van der Waals surface area (Å²) < 4.78 is 47.3. The van der Waals surface area contributed by atoms with Crippen LogP contribution in [0.4, 0.5) is 19.1 Å². The van der Waals surface area contributed by atoms with Crippen LogP contribution in [0.5, 0.6) is 5.75 Å². The van der Waals surface area contributed by atoms with Gasteiger partial charge in [0.05, 0.1) is 18.4 Å². The van der Waals surface area contributed by atoms with Gasteiger partial charge >= 0.3 is 6.18 Å². The summed E-state index contributed by atoms with van der Waals surface area (Å²) in [6.07, 6.45) is -4.08. The van der Waals surface area contributed by atoms with Crippen LogP contribution in [0.3, 0.4) is 0 Å². The van der Waals surface area contributed by atoms with E-state index in [-0.39, 0.29) is 17.2 Å². The van der Waals surface area contributed by atoms with Crippen molar-refractivity contribution >= 4 is 11.6 Å². The van der Waals surface area contributed by atoms with E-state index in [0.717, 1.165) is 6.07 Å². The highest BCUT2D eigenvalue weighted by molar-refractivity contribution is 5.92. The molecule has 0 radical (unpaired) electrons. The first-order valence-corrected chi connectivity index (χ1v) is 9.47. The third-order valence-corrected chi connectivity index (χ3v) is 4.77. The fraction of sp³-hybridized carbons (Fsp3) is 0.238. The number of hydrogen-bond donors (Lipinski definition) is 1. The van der Waals surface area contributed by atoms with Crippen molar-refractivity contribution in [1.82, 2.24) is 24.6 Å². The summed E-state index contributed by atoms with van der Waals surface area (Å²) in [5, 5.41) is 4.34. The second-order valence-electron chi connectivity index (χ2n) is 6.89. The number of alkyl halides is 3. The van der Waals surface area contributed by atoms with Gasteiger partial charge in [-0.3, -0.25) is 0 Å². The van der Waals surface area contributed by atoms with E-state index in [1.807, 2.05) is 6.92 Å². The topological polar surface area (TPSA) is 91.2 Å². The maximum Gasteiger partial charge on any atom is 0.433 e. The molecule has 0 aliphatic rings. The second-order valence-corrected chi connectivity index (χ2v) is 6.89. The minimum Gasteiger partial charge on any atom is -0.496 e. The highest BCUT2D eigenvalue weighted by Gasteiger charge is 2.34. The van der Waals surface area contributed by atoms with Gasteiger partial charge < -0.3 is 10.5 Å². The molecule has 0 fully saturated rings. The van der Waals surface area contributed by atoms with Crippen molar-refractivity contribution in [2.24, 2.45) is 0 Å². The normalized spacial score (nSPS) is 11.8. The van der Waals surface area contributed by atoms with Gasteiger partial charge in [0.15, 0.2) is 11.5 Å². The van der Waals surface area contributed by atoms with E-state index >= 15 is 0 Å². The lowest BCUT2D eigenvalue weighted by Gasteiger charge is -2.16. The number of fused-ring (bicyclic) bond motifs is 1. The highest BCUT2D eigenvalue weighted by atomic mass is 19.4. The molecule has 31 heavy (non-hydrogen) atoms. The van der Waals surface area contributed by atoms with Crippen LogP contribution in [0.1, 0.15) is 24.1 Å². The Kier molecular flexibility index (Phi) is 5.00. The predicted molar refractivity (Wildman–Crippen MR) is 110 cm³/mol. The maximum atomic E-state index is 13.5. The lowest BCUT2D eigenvalue weighted by atomic mass is 9.98. The third kappa shape index (κ3) is 3.65. The maximum absolute atomic E-state index is 13.5. The lowest BCUT2D eigenvalue weighted by Crippen LogP contribution is -2.10. The van der Waals surface area contributed by atoms with Crippen LogP contribution in [-0.2, 0) is 12.6 Å². The van der Waals surface area contributed by atoms with E-state index in [1.165, 1.54) is 18.5 Å². The zero-order chi connectivity index (χ0) is 22.3. The van der Waals surface area contributed by atoms with Crippen LogP contribution in [-0.4, -0.2) is 31.7 Å². The number of methoxy groups -OCH3 is 1. The molecule has 4 rings (SSSR count). The second kappa shape index (κ2) is 7.53. The zero-order valence-corrected chi connectivity index (χ0v) is 17.0. The van der Waals surface area contributed by atoms with Crippen LogP contribution >= 0.6 is 0 Å². The van der Waals surface area contributed by atoms with Crippen LogP contribution in [0.15, 0.2) is 36.4 Å². The fourth-order valence-corrected chi connectivity index (χ4v) is 3.41. The molecule has 0 aliphatic heterocycles. The minimum absolute atomic E-state index is 0.0636. The van der Waals surface area contributed by atoms with Crippen LogP contribution in [0.2, 0.25) is 0 Å². The SMILES string of the molecule is CCc1nc2c(-c3cc(C)nc(C(F)(F)F)c3)c(-c3ccccc3OC)nc(N)n2n1. The van der Waals surface area contributed by atoms with E-state index in [2.05, 4.69) is 20.1 Å². The molecule has 0 unspecified atom stereocenters. The number of nitrogen functional groups attached to an aromatic ring is 1. The first-order chi connectivity index (χ1) is 14.7. The first kappa shape index (κ1) is 20.6. The van der Waals surface area contributed by atoms with Gasteiger partial charge in [-0.25, -0.2) is 15.0 Å². The molecule has 0 aliphatic carbocycles. The summed E-state index contributed by atoms with van der Waals surface area (Å²) in [7, 11) is 1.50. The number of benzene rings is 1. The number of aryl methyl sites for hydroxylation is 2. The molecule has 3 aromatic heterocycles. The molecule has 0 amide bonds. The molecule has 4 aromatic rings. The number of pyridine rings is 1. The van der Waals surface area contributed by atoms with Crippen molar-refractivity contribution in [2.75, 3.05) is 12.8 Å². The number of rotatable bonds is 4. The summed E-state index contributed by atoms with van der Waals surface area (Å²) in [6.45, 7) is 3.38. The fourth-order valence-electron chi connectivity index (χ4n) is 3.41. The van der Waals surface area contributed by atoms with Crippen molar-refractivity contribution in [3.05, 3.63) is 53.6 Å². The number of nitrogens with zero attached hydrogens (tertiary/aromatic N) is 5. The minimum atomic E-state index is -4.61. The molecule has 0 saturated heterocycles. The van der Waals surface area contributed by atoms with E-state index < -0.39 is 11.9 Å². The van der Waals surface area contributed by atoms with E-state index in [1.54, 1.807) is 30.3 Å². The molecule has 1 aromatic carbocycles. The van der Waals surface area contributed by atoms with Gasteiger partial charge in [-0.05, 0) is 36.8 Å². The van der Waals surface area contributed by atoms with Crippen molar-refractivity contribution in [3.63, 3.8) is 0 Å². The van der Waals surface area contributed by atoms with Crippen molar-refractivity contribution in [2.45, 2.75) is 26.4 Å². The molecule has 3 heterocycles. The predicted octanol–water partition coefficient (Wildman–Crippen LogP) is 4.33. The Labute approximate surface area is 175 Å². The van der Waals surface area contributed by atoms with Gasteiger partial charge in [0.2, 0.25) is 5.95 Å². The highest BCUT2D eigenvalue weighted by Crippen LogP contribution is 2.40. The van der Waals surface area contributed by atoms with Crippen LogP contribution < -0.4 is 10.5 Å². The molecule has 0 atom stereocenters. The Hall–Kier alpha value is -3.69. The smallest absolute Gasteiger partial charge is 0.433 e. The number of ether oxygens (including phenoxy) is 1. The Morgan fingerprint density at radius 2 is 1.84 bits per heavy atom. The van der Waals surface area contributed by atoms with Gasteiger partial charge in [-0.2, -0.15) is 17.7 Å². The quantitative estimate of drug-likeness (QED) is 0.520. The number of anilines is 1. The molecule has 10 heteroatoms. The third-order valence-electron chi connectivity index (χ3n) is 4.77. The number of para-hydroxylation sites is 1. The van der Waals surface area contributed by atoms with Crippen LogP contribution in [0, 0.1) is 6.92 Å². The monoisotopic (exact) mass is 428 g/mol. The van der Waals surface area contributed by atoms with Gasteiger partial charge in [-0.15, -0.1) is 5.10 Å². The summed E-state index contributed by atoms with van der Waals surface area (Å²) in [4.78, 5) is 12.7. The first-order valence-electron chi connectivity index (χ1n) is 9.47. The summed E-state index contributed by atoms with van der Waals surface area (Å²) in [5.41, 5.74) is 7.20. The Balaban J connectivity index is 2.14. The largest absolute Gasteiger partial charge is 0.496 e. The van der Waals surface area contributed by atoms with Gasteiger partial charge in [0, 0.05) is 17.7 Å². The summed E-state index contributed by atoms with van der Waals surface area (Å²) >= 11 is 0. The van der Waals surface area contributed by atoms with Crippen molar-refractivity contribution in [3.8, 4) is 28.1 Å². The number of halogens is 3.